The van der Waals surface area contributed by atoms with Crippen LogP contribution >= 0.6 is 11.6 Å². The Morgan fingerprint density at radius 1 is 1.00 bits per heavy atom. The summed E-state index contributed by atoms with van der Waals surface area (Å²) in [6.07, 6.45) is 0. The summed E-state index contributed by atoms with van der Waals surface area (Å²) in [5, 5.41) is 22.2. The molecule has 1 heterocycles. The van der Waals surface area contributed by atoms with E-state index < -0.39 is 0 Å². The van der Waals surface area contributed by atoms with Crippen molar-refractivity contribution in [3.05, 3.63) is 59.2 Å². The summed E-state index contributed by atoms with van der Waals surface area (Å²) >= 11 is 6.04. The summed E-state index contributed by atoms with van der Waals surface area (Å²) in [6, 6.07) is 16.9. The molecule has 0 unspecified atom stereocenters. The molecule has 0 saturated carbocycles. The molecule has 96 valence electrons. The Bertz CT molecular complexity index is 823. The number of nitrogens with zero attached hydrogens (tertiary/aromatic N) is 3. The Morgan fingerprint density at radius 2 is 1.80 bits per heavy atom. The van der Waals surface area contributed by atoms with E-state index in [1.54, 1.807) is 12.1 Å². The summed E-state index contributed by atoms with van der Waals surface area (Å²) in [6.45, 7) is 0. The second kappa shape index (κ2) is 5.16. The van der Waals surface area contributed by atoms with Crippen molar-refractivity contribution in [1.29, 1.82) is 5.26 Å². The Labute approximate surface area is 120 Å². The van der Waals surface area contributed by atoms with Gasteiger partial charge in [-0.25, -0.2) is 0 Å². The van der Waals surface area contributed by atoms with Crippen LogP contribution in [0.5, 0.6) is 0 Å². The minimum atomic E-state index is 0.372. The first-order valence-electron chi connectivity index (χ1n) is 5.96. The van der Waals surface area contributed by atoms with Crippen molar-refractivity contribution in [2.24, 2.45) is 0 Å². The van der Waals surface area contributed by atoms with Crippen LogP contribution in [0.15, 0.2) is 48.5 Å². The molecule has 0 aliphatic carbocycles. The highest BCUT2D eigenvalue weighted by Crippen LogP contribution is 2.27. The zero-order chi connectivity index (χ0) is 13.9. The molecule has 0 atom stereocenters. The number of anilines is 2. The number of nitrogens with one attached hydrogen (secondary N) is 1. The van der Waals surface area contributed by atoms with Crippen molar-refractivity contribution in [2.45, 2.75) is 0 Å². The summed E-state index contributed by atoms with van der Waals surface area (Å²) in [5.41, 5.74) is 1.37. The maximum absolute atomic E-state index is 8.91. The van der Waals surface area contributed by atoms with Crippen molar-refractivity contribution < 1.29 is 0 Å². The first kappa shape index (κ1) is 12.4. The summed E-state index contributed by atoms with van der Waals surface area (Å²) in [5.74, 6) is 0.611. The molecule has 0 saturated heterocycles. The SMILES string of the molecule is N#Cc1cccc(Nc2nnc(Cl)c3ccccc23)c1. The standard InChI is InChI=1S/C15H9ClN4/c16-14-12-6-1-2-7-13(12)15(20-19-14)18-11-5-3-4-10(8-11)9-17/h1-8H,(H,18,20). The molecule has 0 radical (unpaired) electrons. The van der Waals surface area contributed by atoms with Crippen molar-refractivity contribution in [1.82, 2.24) is 10.2 Å². The van der Waals surface area contributed by atoms with Gasteiger partial charge < -0.3 is 5.32 Å². The number of nitriles is 1. The molecule has 3 aromatic rings. The highest BCUT2D eigenvalue weighted by Gasteiger charge is 2.07. The van der Waals surface area contributed by atoms with Gasteiger partial charge in [0.1, 0.15) is 0 Å². The van der Waals surface area contributed by atoms with Crippen molar-refractivity contribution >= 4 is 33.9 Å². The lowest BCUT2D eigenvalue weighted by Crippen LogP contribution is -1.97. The normalized spacial score (nSPS) is 10.2. The monoisotopic (exact) mass is 280 g/mol. The van der Waals surface area contributed by atoms with Crippen LogP contribution in [0.4, 0.5) is 11.5 Å². The minimum Gasteiger partial charge on any atom is -0.338 e. The third kappa shape index (κ3) is 2.27. The van der Waals surface area contributed by atoms with Gasteiger partial charge in [0.15, 0.2) is 11.0 Å². The maximum Gasteiger partial charge on any atom is 0.161 e. The molecule has 0 bridgehead atoms. The van der Waals surface area contributed by atoms with Crippen LogP contribution < -0.4 is 5.32 Å². The van der Waals surface area contributed by atoms with E-state index in [2.05, 4.69) is 21.6 Å². The summed E-state index contributed by atoms with van der Waals surface area (Å²) in [7, 11) is 0. The van der Waals surface area contributed by atoms with Gasteiger partial charge in [0.05, 0.1) is 11.6 Å². The summed E-state index contributed by atoms with van der Waals surface area (Å²) in [4.78, 5) is 0. The lowest BCUT2D eigenvalue weighted by molar-refractivity contribution is 1.05. The fourth-order valence-electron chi connectivity index (χ4n) is 1.97. The molecule has 2 aromatic carbocycles. The van der Waals surface area contributed by atoms with E-state index in [0.29, 0.717) is 16.5 Å². The van der Waals surface area contributed by atoms with Gasteiger partial charge in [0.25, 0.3) is 0 Å². The number of benzene rings is 2. The average molecular weight is 281 g/mol. The fourth-order valence-corrected chi connectivity index (χ4v) is 2.17. The third-order valence-electron chi connectivity index (χ3n) is 2.90. The molecule has 0 aliphatic rings. The smallest absolute Gasteiger partial charge is 0.161 e. The van der Waals surface area contributed by atoms with Crippen LogP contribution in [0.2, 0.25) is 5.15 Å². The van der Waals surface area contributed by atoms with Gasteiger partial charge in [-0.05, 0) is 18.2 Å². The van der Waals surface area contributed by atoms with Crippen LogP contribution in [0.25, 0.3) is 10.8 Å². The van der Waals surface area contributed by atoms with Crippen molar-refractivity contribution in [2.75, 3.05) is 5.32 Å². The third-order valence-corrected chi connectivity index (χ3v) is 3.18. The van der Waals surface area contributed by atoms with Gasteiger partial charge in [0, 0.05) is 16.5 Å². The Balaban J connectivity index is 2.07. The number of hydrogen-bond donors (Lipinski definition) is 1. The predicted molar refractivity (Wildman–Crippen MR) is 79.0 cm³/mol. The number of fused-ring (bicyclic) bond motifs is 1. The highest BCUT2D eigenvalue weighted by atomic mass is 35.5. The molecular weight excluding hydrogens is 272 g/mol. The number of rotatable bonds is 2. The molecule has 5 heteroatoms. The van der Waals surface area contributed by atoms with E-state index in [-0.39, 0.29) is 0 Å². The van der Waals surface area contributed by atoms with E-state index in [4.69, 9.17) is 16.9 Å². The summed E-state index contributed by atoms with van der Waals surface area (Å²) < 4.78 is 0. The van der Waals surface area contributed by atoms with Gasteiger partial charge in [-0.2, -0.15) is 5.26 Å². The molecule has 0 spiro atoms. The van der Waals surface area contributed by atoms with Gasteiger partial charge >= 0.3 is 0 Å². The lowest BCUT2D eigenvalue weighted by Gasteiger charge is -2.08. The molecule has 20 heavy (non-hydrogen) atoms. The van der Waals surface area contributed by atoms with Crippen molar-refractivity contribution in [3.63, 3.8) is 0 Å². The first-order chi connectivity index (χ1) is 9.78. The van der Waals surface area contributed by atoms with Gasteiger partial charge in [-0.3, -0.25) is 0 Å². The first-order valence-corrected chi connectivity index (χ1v) is 6.34. The molecule has 4 nitrogen and oxygen atoms in total. The minimum absolute atomic E-state index is 0.372. The van der Waals surface area contributed by atoms with Crippen LogP contribution in [-0.2, 0) is 0 Å². The van der Waals surface area contributed by atoms with Crippen LogP contribution in [0.1, 0.15) is 5.56 Å². The number of aromatic nitrogens is 2. The quantitative estimate of drug-likeness (QED) is 0.773. The Kier molecular flexibility index (Phi) is 3.20. The lowest BCUT2D eigenvalue weighted by atomic mass is 10.2. The second-order valence-electron chi connectivity index (χ2n) is 4.20. The number of halogens is 1. The molecular formula is C15H9ClN4. The zero-order valence-corrected chi connectivity index (χ0v) is 11.1. The van der Waals surface area contributed by atoms with E-state index in [9.17, 15) is 0 Å². The molecule has 1 N–H and O–H groups in total. The average Bonchev–Trinajstić information content (AvgIpc) is 2.51. The van der Waals surface area contributed by atoms with E-state index in [1.165, 1.54) is 0 Å². The Morgan fingerprint density at radius 3 is 2.60 bits per heavy atom. The maximum atomic E-state index is 8.91. The van der Waals surface area contributed by atoms with E-state index in [0.717, 1.165) is 16.5 Å². The van der Waals surface area contributed by atoms with Gasteiger partial charge in [0.2, 0.25) is 0 Å². The van der Waals surface area contributed by atoms with Crippen molar-refractivity contribution in [3.8, 4) is 6.07 Å². The largest absolute Gasteiger partial charge is 0.338 e. The Hall–Kier alpha value is -2.64. The predicted octanol–water partition coefficient (Wildman–Crippen LogP) is 3.90. The fraction of sp³-hybridized carbons (Fsp3) is 0. The molecule has 0 fully saturated rings. The van der Waals surface area contributed by atoms with Crippen LogP contribution in [0, 0.1) is 11.3 Å². The molecule has 1 aromatic heterocycles. The zero-order valence-electron chi connectivity index (χ0n) is 10.3. The topological polar surface area (TPSA) is 61.6 Å². The molecule has 3 rings (SSSR count). The van der Waals surface area contributed by atoms with Gasteiger partial charge in [-0.1, -0.05) is 41.9 Å². The van der Waals surface area contributed by atoms with Gasteiger partial charge in [-0.15, -0.1) is 10.2 Å². The number of hydrogen-bond acceptors (Lipinski definition) is 4. The second-order valence-corrected chi connectivity index (χ2v) is 4.56. The van der Waals surface area contributed by atoms with E-state index in [1.807, 2.05) is 36.4 Å². The molecule has 0 amide bonds. The van der Waals surface area contributed by atoms with E-state index >= 15 is 0 Å². The van der Waals surface area contributed by atoms with Crippen LogP contribution in [0.3, 0.4) is 0 Å². The van der Waals surface area contributed by atoms with Crippen LogP contribution in [-0.4, -0.2) is 10.2 Å². The molecule has 0 aliphatic heterocycles. The highest BCUT2D eigenvalue weighted by molar-refractivity contribution is 6.34.